The van der Waals surface area contributed by atoms with Crippen LogP contribution in [0.5, 0.6) is 0 Å². The van der Waals surface area contributed by atoms with Crippen LogP contribution in [0.1, 0.15) is 58.9 Å². The van der Waals surface area contributed by atoms with Crippen LogP contribution >= 0.6 is 0 Å². The third kappa shape index (κ3) is 8.01. The van der Waals surface area contributed by atoms with Crippen molar-refractivity contribution >= 4 is 47.9 Å². The molecule has 0 aliphatic carbocycles. The van der Waals surface area contributed by atoms with E-state index >= 15 is 0 Å². The standard InChI is InChI=1S/C17H8F3N2Te.C13H24O2.Ir/c18-17(19,20)14-12-4-2-1-3-10(12)7-13-15(11-5-6-23-8-11)21-9-22-16(13)14;1-5-10(6-2)12(14)9-13(15)11(7-3)8-4;/h1-7,9H;9-11,14H,5-8H2,1-4H3;/q-1;;/b;12-9-;. The molecule has 0 aliphatic heterocycles. The molecule has 2 aromatic heterocycles. The average molecular weight is 829 g/mol. The summed E-state index contributed by atoms with van der Waals surface area (Å²) in [5, 5.41) is 10.9. The van der Waals surface area contributed by atoms with Crippen molar-refractivity contribution in [2.75, 3.05) is 0 Å². The summed E-state index contributed by atoms with van der Waals surface area (Å²) in [5.41, 5.74) is 0.526. The quantitative estimate of drug-likeness (QED) is 0.0641. The zero-order valence-corrected chi connectivity index (χ0v) is 27.0. The number of alkyl halides is 3. The van der Waals surface area contributed by atoms with E-state index in [1.54, 1.807) is 24.3 Å². The number of hydrogen-bond acceptors (Lipinski definition) is 4. The molecule has 0 spiro atoms. The number of nitrogens with zero attached hydrogens (tertiary/aromatic N) is 2. The molecule has 0 unspecified atom stereocenters. The molecule has 4 nitrogen and oxygen atoms in total. The van der Waals surface area contributed by atoms with Gasteiger partial charge in [0.05, 0.1) is 5.76 Å². The number of aromatic nitrogens is 2. The van der Waals surface area contributed by atoms with Gasteiger partial charge in [0.1, 0.15) is 0 Å². The van der Waals surface area contributed by atoms with Crippen LogP contribution in [0.4, 0.5) is 13.2 Å². The van der Waals surface area contributed by atoms with Crippen molar-refractivity contribution in [1.82, 2.24) is 9.97 Å². The van der Waals surface area contributed by atoms with Gasteiger partial charge in [-0.1, -0.05) is 27.7 Å². The Hall–Kier alpha value is -2.04. The van der Waals surface area contributed by atoms with Gasteiger partial charge in [-0.15, -0.1) is 0 Å². The third-order valence-corrected chi connectivity index (χ3v) is 8.48. The summed E-state index contributed by atoms with van der Waals surface area (Å²) in [4.78, 5) is 19.9. The minimum Gasteiger partial charge on any atom is 0 e. The van der Waals surface area contributed by atoms with Gasteiger partial charge in [-0.2, -0.15) is 0 Å². The van der Waals surface area contributed by atoms with E-state index in [-0.39, 0.29) is 54.4 Å². The maximum absolute atomic E-state index is 13.7. The molecule has 4 aromatic rings. The van der Waals surface area contributed by atoms with Crippen LogP contribution in [-0.4, -0.2) is 41.3 Å². The van der Waals surface area contributed by atoms with Gasteiger partial charge in [-0.3, -0.25) is 4.79 Å². The largest absolute Gasteiger partial charge is 0 e. The van der Waals surface area contributed by atoms with Crippen molar-refractivity contribution in [3.05, 3.63) is 68.3 Å². The first kappa shape index (κ1) is 33.2. The monoisotopic (exact) mass is 832 g/mol. The van der Waals surface area contributed by atoms with Crippen molar-refractivity contribution < 1.29 is 43.2 Å². The summed E-state index contributed by atoms with van der Waals surface area (Å²) in [5.74, 6) is 0.547. The SMILES string of the molecule is CCC(CC)C(=O)/C=C(\O)C(CC)CC.FC(F)(F)c1c2ccccc2cc2c(-c3[c-][te]cc3)ncnc12.[Ir]. The van der Waals surface area contributed by atoms with Gasteiger partial charge < -0.3 is 5.11 Å². The smallest absolute Gasteiger partial charge is 0 e. The molecule has 2 aromatic carbocycles. The molecule has 0 aliphatic rings. The van der Waals surface area contributed by atoms with Crippen LogP contribution in [0.15, 0.2) is 58.6 Å². The number of benzene rings is 2. The number of fused-ring (bicyclic) bond motifs is 2. The molecule has 0 atom stereocenters. The second-order valence-electron chi connectivity index (χ2n) is 9.02. The van der Waals surface area contributed by atoms with Crippen molar-refractivity contribution in [1.29, 1.82) is 0 Å². The summed E-state index contributed by atoms with van der Waals surface area (Å²) < 4.78 is 46.3. The Morgan fingerprint density at radius 3 is 2.21 bits per heavy atom. The maximum atomic E-state index is 13.7. The molecular formula is C30H32F3IrN2O2Te-. The summed E-state index contributed by atoms with van der Waals surface area (Å²) in [6, 6.07) is 10.1. The van der Waals surface area contributed by atoms with E-state index in [4.69, 9.17) is 0 Å². The van der Waals surface area contributed by atoms with Gasteiger partial charge >= 0.3 is 139 Å². The predicted molar refractivity (Wildman–Crippen MR) is 147 cm³/mol. The van der Waals surface area contributed by atoms with Crippen LogP contribution in [-0.2, 0) is 31.1 Å². The van der Waals surface area contributed by atoms with Gasteiger partial charge in [0.25, 0.3) is 0 Å². The van der Waals surface area contributed by atoms with Crippen molar-refractivity contribution in [2.24, 2.45) is 11.8 Å². The van der Waals surface area contributed by atoms with Gasteiger partial charge in [0.15, 0.2) is 5.78 Å². The van der Waals surface area contributed by atoms with Crippen molar-refractivity contribution in [3.8, 4) is 11.3 Å². The van der Waals surface area contributed by atoms with Gasteiger partial charge in [-0.05, 0) is 25.7 Å². The molecule has 0 bridgehead atoms. The fourth-order valence-electron chi connectivity index (χ4n) is 4.51. The Morgan fingerprint density at radius 2 is 1.64 bits per heavy atom. The van der Waals surface area contributed by atoms with E-state index in [0.717, 1.165) is 31.2 Å². The number of rotatable bonds is 8. The van der Waals surface area contributed by atoms with E-state index in [1.165, 1.54) is 18.5 Å². The Morgan fingerprint density at radius 1 is 1.00 bits per heavy atom. The van der Waals surface area contributed by atoms with E-state index < -0.39 is 32.2 Å². The second kappa shape index (κ2) is 15.1. The number of aliphatic hydroxyl groups excluding tert-OH is 1. The molecule has 1 radical (unpaired) electrons. The first-order chi connectivity index (χ1) is 18.2. The third-order valence-electron chi connectivity index (χ3n) is 6.74. The normalized spacial score (nSPS) is 12.0. The van der Waals surface area contributed by atoms with Crippen LogP contribution < -0.4 is 0 Å². The van der Waals surface area contributed by atoms with E-state index in [0.29, 0.717) is 16.5 Å². The summed E-state index contributed by atoms with van der Waals surface area (Å²) in [6.07, 6.45) is 1.62. The average Bonchev–Trinajstić information content (AvgIpc) is 3.43. The van der Waals surface area contributed by atoms with Crippen LogP contribution in [0.3, 0.4) is 0 Å². The Bertz CT molecular complexity index is 1400. The fourth-order valence-corrected chi connectivity index (χ4v) is 6.12. The first-order valence-electron chi connectivity index (χ1n) is 12.8. The molecule has 39 heavy (non-hydrogen) atoms. The topological polar surface area (TPSA) is 63.1 Å². The van der Waals surface area contributed by atoms with Crippen LogP contribution in [0.2, 0.25) is 0 Å². The molecule has 0 fully saturated rings. The molecule has 211 valence electrons. The zero-order chi connectivity index (χ0) is 27.9. The minimum atomic E-state index is -4.48. The van der Waals surface area contributed by atoms with Gasteiger partial charge in [0, 0.05) is 38.0 Å². The Balaban J connectivity index is 0.000000294. The van der Waals surface area contributed by atoms with Crippen molar-refractivity contribution in [3.63, 3.8) is 0 Å². The minimum absolute atomic E-state index is 0. The molecule has 4 rings (SSSR count). The second-order valence-corrected chi connectivity index (χ2v) is 11.1. The van der Waals surface area contributed by atoms with Gasteiger partial charge in [-0.25, -0.2) is 0 Å². The number of halogens is 3. The fraction of sp³-hybridized carbons (Fsp3) is 0.367. The molecule has 1 N–H and O–H groups in total. The van der Waals surface area contributed by atoms with E-state index in [1.807, 2.05) is 37.8 Å². The number of hydrogen-bond donors (Lipinski definition) is 1. The number of aliphatic hydroxyl groups is 1. The molecule has 0 amide bonds. The number of allylic oxidation sites excluding steroid dienone is 2. The van der Waals surface area contributed by atoms with Crippen LogP contribution in [0, 0.1) is 15.9 Å². The summed E-state index contributed by atoms with van der Waals surface area (Å²) in [7, 11) is 0. The summed E-state index contributed by atoms with van der Waals surface area (Å²) >= 11 is -0.467. The predicted octanol–water partition coefficient (Wildman–Crippen LogP) is 8.19. The Kier molecular flexibility index (Phi) is 12.8. The van der Waals surface area contributed by atoms with Crippen LogP contribution in [0.25, 0.3) is 32.9 Å². The number of ketones is 1. The van der Waals surface area contributed by atoms with Gasteiger partial charge in [0.2, 0.25) is 0 Å². The van der Waals surface area contributed by atoms with E-state index in [9.17, 15) is 23.1 Å². The summed E-state index contributed by atoms with van der Waals surface area (Å²) in [6.45, 7) is 8.07. The number of carbonyl (C=O) groups excluding carboxylic acids is 1. The Labute approximate surface area is 250 Å². The molecule has 9 heteroatoms. The zero-order valence-electron chi connectivity index (χ0n) is 22.3. The number of carbonyl (C=O) groups is 1. The van der Waals surface area contributed by atoms with Crippen molar-refractivity contribution in [2.45, 2.75) is 59.6 Å². The molecule has 2 heterocycles. The molecular weight excluding hydrogens is 797 g/mol. The molecule has 0 saturated heterocycles. The maximum Gasteiger partial charge on any atom is 0 e. The molecule has 0 saturated carbocycles. The first-order valence-corrected chi connectivity index (χ1v) is 15.3. The van der Waals surface area contributed by atoms with E-state index in [2.05, 4.69) is 14.1 Å².